The summed E-state index contributed by atoms with van der Waals surface area (Å²) in [5, 5.41) is 5.97. The first-order valence-electron chi connectivity index (χ1n) is 10.7. The number of anilines is 2. The lowest BCUT2D eigenvalue weighted by atomic mass is 10.1. The summed E-state index contributed by atoms with van der Waals surface area (Å²) in [6.07, 6.45) is 5.82. The zero-order chi connectivity index (χ0) is 20.5. The molecule has 5 nitrogen and oxygen atoms in total. The van der Waals surface area contributed by atoms with Crippen LogP contribution < -0.4 is 15.5 Å². The molecule has 0 atom stereocenters. The Morgan fingerprint density at radius 1 is 1.00 bits per heavy atom. The summed E-state index contributed by atoms with van der Waals surface area (Å²) in [4.78, 5) is 27.4. The molecule has 0 aliphatic carbocycles. The van der Waals surface area contributed by atoms with E-state index in [1.807, 2.05) is 48.5 Å². The Morgan fingerprint density at radius 2 is 1.76 bits per heavy atom. The molecule has 1 saturated heterocycles. The molecule has 2 N–H and O–H groups in total. The van der Waals surface area contributed by atoms with Crippen LogP contribution in [0.15, 0.2) is 48.5 Å². The van der Waals surface area contributed by atoms with Crippen LogP contribution in [0.2, 0.25) is 0 Å². The second-order valence-electron chi connectivity index (χ2n) is 7.60. The summed E-state index contributed by atoms with van der Waals surface area (Å²) in [5.74, 6) is -0.110. The third kappa shape index (κ3) is 6.08. The largest absolute Gasteiger partial charge is 0.371 e. The van der Waals surface area contributed by atoms with Crippen LogP contribution in [0, 0.1) is 0 Å². The van der Waals surface area contributed by atoms with E-state index in [4.69, 9.17) is 0 Å². The van der Waals surface area contributed by atoms with Crippen molar-refractivity contribution in [2.45, 2.75) is 52.0 Å². The van der Waals surface area contributed by atoms with Crippen LogP contribution in [-0.4, -0.2) is 24.9 Å². The summed E-state index contributed by atoms with van der Waals surface area (Å²) in [5.41, 5.74) is 3.30. The van der Waals surface area contributed by atoms with Gasteiger partial charge in [-0.2, -0.15) is 0 Å². The first-order valence-corrected chi connectivity index (χ1v) is 10.7. The standard InChI is InChI=1S/C24H31N3O2/c1-2-3-5-12-23(28)26-20-13-14-22(27-15-8-9-16-27)21(17-20)24(29)25-18-19-10-6-4-7-11-19/h4,6-7,10-11,13-14,17H,2-3,5,8-9,12,15-16,18H2,1H3,(H,25,29)(H,26,28). The minimum atomic E-state index is -0.113. The van der Waals surface area contributed by atoms with E-state index in [2.05, 4.69) is 22.5 Å². The van der Waals surface area contributed by atoms with Gasteiger partial charge in [0.25, 0.3) is 5.91 Å². The van der Waals surface area contributed by atoms with Gasteiger partial charge in [-0.1, -0.05) is 50.1 Å². The molecule has 0 unspecified atom stereocenters. The number of rotatable bonds is 9. The molecule has 1 fully saturated rings. The first-order chi connectivity index (χ1) is 14.2. The van der Waals surface area contributed by atoms with Gasteiger partial charge < -0.3 is 15.5 Å². The fraction of sp³-hybridized carbons (Fsp3) is 0.417. The van der Waals surface area contributed by atoms with E-state index in [0.717, 1.165) is 56.4 Å². The highest BCUT2D eigenvalue weighted by Gasteiger charge is 2.20. The summed E-state index contributed by atoms with van der Waals surface area (Å²) in [6, 6.07) is 15.6. The maximum absolute atomic E-state index is 13.0. The number of hydrogen-bond acceptors (Lipinski definition) is 3. The first kappa shape index (κ1) is 20.9. The fourth-order valence-corrected chi connectivity index (χ4v) is 3.66. The molecule has 3 rings (SSSR count). The van der Waals surface area contributed by atoms with E-state index in [1.54, 1.807) is 0 Å². The molecule has 0 saturated carbocycles. The van der Waals surface area contributed by atoms with Gasteiger partial charge in [0.2, 0.25) is 5.91 Å². The Kier molecular flexibility index (Phi) is 7.68. The zero-order valence-electron chi connectivity index (χ0n) is 17.2. The maximum Gasteiger partial charge on any atom is 0.253 e. The van der Waals surface area contributed by atoms with Gasteiger partial charge in [0.15, 0.2) is 0 Å². The number of hydrogen-bond donors (Lipinski definition) is 2. The molecule has 1 aliphatic rings. The summed E-state index contributed by atoms with van der Waals surface area (Å²) < 4.78 is 0. The van der Waals surface area contributed by atoms with Crippen molar-refractivity contribution in [2.75, 3.05) is 23.3 Å². The van der Waals surface area contributed by atoms with Crippen LogP contribution in [0.5, 0.6) is 0 Å². The van der Waals surface area contributed by atoms with Crippen LogP contribution in [0.1, 0.15) is 61.4 Å². The molecule has 2 amide bonds. The van der Waals surface area contributed by atoms with Gasteiger partial charge >= 0.3 is 0 Å². The molecule has 0 bridgehead atoms. The number of amides is 2. The molecular weight excluding hydrogens is 362 g/mol. The summed E-state index contributed by atoms with van der Waals surface area (Å²) in [6.45, 7) is 4.52. The monoisotopic (exact) mass is 393 g/mol. The van der Waals surface area contributed by atoms with Gasteiger partial charge in [-0.15, -0.1) is 0 Å². The minimum absolute atomic E-state index is 0.00279. The Balaban J connectivity index is 1.73. The fourth-order valence-electron chi connectivity index (χ4n) is 3.66. The highest BCUT2D eigenvalue weighted by molar-refractivity contribution is 6.02. The summed E-state index contributed by atoms with van der Waals surface area (Å²) >= 11 is 0. The molecular formula is C24H31N3O2. The van der Waals surface area contributed by atoms with Crippen molar-refractivity contribution in [1.29, 1.82) is 0 Å². The van der Waals surface area contributed by atoms with Crippen molar-refractivity contribution in [1.82, 2.24) is 5.32 Å². The lowest BCUT2D eigenvalue weighted by molar-refractivity contribution is -0.116. The lowest BCUT2D eigenvalue weighted by Gasteiger charge is -2.22. The van der Waals surface area contributed by atoms with Gasteiger partial charge in [-0.05, 0) is 43.0 Å². The second-order valence-corrected chi connectivity index (χ2v) is 7.60. The quantitative estimate of drug-likeness (QED) is 0.605. The topological polar surface area (TPSA) is 61.4 Å². The molecule has 0 radical (unpaired) electrons. The van der Waals surface area contributed by atoms with E-state index in [-0.39, 0.29) is 11.8 Å². The predicted molar refractivity (Wildman–Crippen MR) is 118 cm³/mol. The third-order valence-corrected chi connectivity index (χ3v) is 5.27. The Labute approximate surface area is 173 Å². The van der Waals surface area contributed by atoms with E-state index >= 15 is 0 Å². The van der Waals surface area contributed by atoms with Gasteiger partial charge in [0, 0.05) is 37.4 Å². The smallest absolute Gasteiger partial charge is 0.253 e. The molecule has 2 aromatic rings. The van der Waals surface area contributed by atoms with Crippen molar-refractivity contribution in [3.05, 3.63) is 59.7 Å². The molecule has 5 heteroatoms. The van der Waals surface area contributed by atoms with Crippen LogP contribution in [0.25, 0.3) is 0 Å². The van der Waals surface area contributed by atoms with Crippen molar-refractivity contribution >= 4 is 23.2 Å². The highest BCUT2D eigenvalue weighted by Crippen LogP contribution is 2.28. The Morgan fingerprint density at radius 3 is 2.48 bits per heavy atom. The molecule has 1 heterocycles. The molecule has 1 aliphatic heterocycles. The normalized spacial score (nSPS) is 13.3. The Bertz CT molecular complexity index is 814. The average Bonchev–Trinajstić information content (AvgIpc) is 3.27. The number of nitrogens with one attached hydrogen (secondary N) is 2. The molecule has 2 aromatic carbocycles. The third-order valence-electron chi connectivity index (χ3n) is 5.27. The average molecular weight is 394 g/mol. The van der Waals surface area contributed by atoms with Crippen molar-refractivity contribution in [3.8, 4) is 0 Å². The lowest BCUT2D eigenvalue weighted by Crippen LogP contribution is -2.27. The van der Waals surface area contributed by atoms with Gasteiger partial charge in [-0.3, -0.25) is 9.59 Å². The molecule has 0 aromatic heterocycles. The SMILES string of the molecule is CCCCCC(=O)Nc1ccc(N2CCCC2)c(C(=O)NCc2ccccc2)c1. The van der Waals surface area contributed by atoms with Crippen molar-refractivity contribution in [3.63, 3.8) is 0 Å². The van der Waals surface area contributed by atoms with Gasteiger partial charge in [0.05, 0.1) is 5.56 Å². The van der Waals surface area contributed by atoms with E-state index in [9.17, 15) is 9.59 Å². The number of unbranched alkanes of at least 4 members (excludes halogenated alkanes) is 2. The second kappa shape index (κ2) is 10.6. The minimum Gasteiger partial charge on any atom is -0.371 e. The number of benzene rings is 2. The van der Waals surface area contributed by atoms with E-state index in [0.29, 0.717) is 24.2 Å². The maximum atomic E-state index is 13.0. The van der Waals surface area contributed by atoms with Crippen molar-refractivity contribution < 1.29 is 9.59 Å². The molecule has 154 valence electrons. The van der Waals surface area contributed by atoms with Gasteiger partial charge in [0.1, 0.15) is 0 Å². The number of carbonyl (C=O) groups is 2. The van der Waals surface area contributed by atoms with E-state index < -0.39 is 0 Å². The van der Waals surface area contributed by atoms with Crippen LogP contribution in [0.3, 0.4) is 0 Å². The van der Waals surface area contributed by atoms with Crippen LogP contribution >= 0.6 is 0 Å². The van der Waals surface area contributed by atoms with E-state index in [1.165, 1.54) is 0 Å². The van der Waals surface area contributed by atoms with Crippen LogP contribution in [0.4, 0.5) is 11.4 Å². The Hall–Kier alpha value is -2.82. The molecule has 29 heavy (non-hydrogen) atoms. The van der Waals surface area contributed by atoms with Gasteiger partial charge in [-0.25, -0.2) is 0 Å². The van der Waals surface area contributed by atoms with Crippen molar-refractivity contribution in [2.24, 2.45) is 0 Å². The highest BCUT2D eigenvalue weighted by atomic mass is 16.2. The zero-order valence-corrected chi connectivity index (χ0v) is 17.2. The van der Waals surface area contributed by atoms with Crippen LogP contribution in [-0.2, 0) is 11.3 Å². The summed E-state index contributed by atoms with van der Waals surface area (Å²) in [7, 11) is 0. The predicted octanol–water partition coefficient (Wildman–Crippen LogP) is 4.74. The number of nitrogens with zero attached hydrogens (tertiary/aromatic N) is 1. The number of carbonyl (C=O) groups excluding carboxylic acids is 2. The molecule has 0 spiro atoms.